The fourth-order valence-electron chi connectivity index (χ4n) is 1.88. The Labute approximate surface area is 95.4 Å². The monoisotopic (exact) mass is 224 g/mol. The average Bonchev–Trinajstić information content (AvgIpc) is 2.30. The van der Waals surface area contributed by atoms with Crippen molar-refractivity contribution in [1.29, 1.82) is 0 Å². The molecule has 0 aromatic carbocycles. The molecule has 1 atom stereocenters. The van der Waals surface area contributed by atoms with Crippen LogP contribution in [-0.4, -0.2) is 47.3 Å². The van der Waals surface area contributed by atoms with Crippen molar-refractivity contribution in [3.05, 3.63) is 24.4 Å². The molecule has 0 bridgehead atoms. The molecule has 0 spiro atoms. The second-order valence-corrected chi connectivity index (χ2v) is 4.14. The van der Waals surface area contributed by atoms with Gasteiger partial charge in [0.1, 0.15) is 0 Å². The van der Waals surface area contributed by atoms with Crippen molar-refractivity contribution in [2.75, 3.05) is 26.2 Å². The molecule has 0 saturated carbocycles. The van der Waals surface area contributed by atoms with Gasteiger partial charge in [-0.15, -0.1) is 0 Å². The lowest BCUT2D eigenvalue weighted by Crippen LogP contribution is -2.55. The number of piperazine rings is 1. The van der Waals surface area contributed by atoms with Gasteiger partial charge in [0.15, 0.2) is 5.11 Å². The predicted molar refractivity (Wildman–Crippen MR) is 65.1 cm³/mol. The van der Waals surface area contributed by atoms with Gasteiger partial charge in [-0.25, -0.2) is 0 Å². The zero-order chi connectivity index (χ0) is 10.7. The van der Waals surface area contributed by atoms with Crippen molar-refractivity contribution in [3.8, 4) is 0 Å². The van der Waals surface area contributed by atoms with Gasteiger partial charge in [-0.3, -0.25) is 4.90 Å². The number of dihydropyridines is 1. The second kappa shape index (κ2) is 4.63. The maximum atomic E-state index is 5.59. The molecule has 0 aliphatic carbocycles. The lowest BCUT2D eigenvalue weighted by molar-refractivity contribution is 0.143. The molecular formula is C10H16N4S. The van der Waals surface area contributed by atoms with Crippen LogP contribution in [0.4, 0.5) is 0 Å². The fourth-order valence-corrected chi connectivity index (χ4v) is 2.06. The van der Waals surface area contributed by atoms with Crippen molar-refractivity contribution in [2.24, 2.45) is 5.73 Å². The molecule has 0 aromatic heterocycles. The highest BCUT2D eigenvalue weighted by Gasteiger charge is 2.22. The largest absolute Gasteiger partial charge is 0.376 e. The van der Waals surface area contributed by atoms with Crippen LogP contribution in [0, 0.1) is 0 Å². The minimum absolute atomic E-state index is 0.323. The lowest BCUT2D eigenvalue weighted by atomic mass is 10.2. The van der Waals surface area contributed by atoms with Crippen LogP contribution in [0.2, 0.25) is 0 Å². The average molecular weight is 224 g/mol. The van der Waals surface area contributed by atoms with E-state index in [4.69, 9.17) is 18.0 Å². The standard InChI is InChI=1S/C10H16N4S/c11-10(15)14-7-5-13(6-8-14)9-3-1-2-4-12-9/h1-4,9,12H,5-8H2,(H2,11,15). The van der Waals surface area contributed by atoms with Crippen LogP contribution < -0.4 is 11.1 Å². The van der Waals surface area contributed by atoms with Crippen molar-refractivity contribution in [1.82, 2.24) is 15.1 Å². The minimum atomic E-state index is 0.323. The van der Waals surface area contributed by atoms with Gasteiger partial charge in [0.25, 0.3) is 0 Å². The maximum absolute atomic E-state index is 5.59. The molecular weight excluding hydrogens is 208 g/mol. The van der Waals surface area contributed by atoms with Crippen LogP contribution in [0.1, 0.15) is 0 Å². The van der Waals surface area contributed by atoms with E-state index in [0.717, 1.165) is 26.2 Å². The highest BCUT2D eigenvalue weighted by atomic mass is 32.1. The van der Waals surface area contributed by atoms with Gasteiger partial charge in [-0.1, -0.05) is 6.08 Å². The molecule has 5 heteroatoms. The summed E-state index contributed by atoms with van der Waals surface area (Å²) in [6.45, 7) is 3.83. The first-order valence-corrected chi connectivity index (χ1v) is 5.56. The van der Waals surface area contributed by atoms with Gasteiger partial charge in [0.05, 0.1) is 6.17 Å². The Balaban J connectivity index is 1.85. The number of allylic oxidation sites excluding steroid dienone is 2. The molecule has 0 aromatic rings. The molecule has 4 nitrogen and oxygen atoms in total. The van der Waals surface area contributed by atoms with Gasteiger partial charge in [0, 0.05) is 26.2 Å². The summed E-state index contributed by atoms with van der Waals surface area (Å²) in [5.41, 5.74) is 5.59. The molecule has 15 heavy (non-hydrogen) atoms. The van der Waals surface area contributed by atoms with E-state index in [1.54, 1.807) is 0 Å². The summed E-state index contributed by atoms with van der Waals surface area (Å²) in [6, 6.07) is 0. The molecule has 1 saturated heterocycles. The van der Waals surface area contributed by atoms with Crippen LogP contribution in [0.3, 0.4) is 0 Å². The van der Waals surface area contributed by atoms with Crippen LogP contribution in [0.25, 0.3) is 0 Å². The smallest absolute Gasteiger partial charge is 0.166 e. The Hall–Kier alpha value is -1.07. The van der Waals surface area contributed by atoms with Crippen molar-refractivity contribution >= 4 is 17.3 Å². The molecule has 82 valence electrons. The van der Waals surface area contributed by atoms with Gasteiger partial charge in [-0.2, -0.15) is 0 Å². The summed E-state index contributed by atoms with van der Waals surface area (Å²) >= 11 is 4.95. The number of hydrogen-bond donors (Lipinski definition) is 2. The number of hydrogen-bond acceptors (Lipinski definition) is 3. The predicted octanol–water partition coefficient (Wildman–Crippen LogP) is -0.153. The SMILES string of the molecule is NC(=S)N1CCN(C2C=CC=CN2)CC1. The van der Waals surface area contributed by atoms with E-state index in [2.05, 4.69) is 22.4 Å². The van der Waals surface area contributed by atoms with E-state index >= 15 is 0 Å². The molecule has 3 N–H and O–H groups in total. The third-order valence-corrected chi connectivity index (χ3v) is 3.05. The van der Waals surface area contributed by atoms with Gasteiger partial charge in [-0.05, 0) is 30.6 Å². The molecule has 2 rings (SSSR count). The summed E-state index contributed by atoms with van der Waals surface area (Å²) < 4.78 is 0. The van der Waals surface area contributed by atoms with Crippen LogP contribution in [0.5, 0.6) is 0 Å². The van der Waals surface area contributed by atoms with E-state index in [0.29, 0.717) is 11.3 Å². The van der Waals surface area contributed by atoms with E-state index in [1.807, 2.05) is 17.2 Å². The van der Waals surface area contributed by atoms with Crippen LogP contribution in [0.15, 0.2) is 24.4 Å². The van der Waals surface area contributed by atoms with Crippen molar-refractivity contribution in [3.63, 3.8) is 0 Å². The van der Waals surface area contributed by atoms with Crippen molar-refractivity contribution < 1.29 is 0 Å². The molecule has 1 fully saturated rings. The zero-order valence-corrected chi connectivity index (χ0v) is 9.41. The molecule has 2 heterocycles. The van der Waals surface area contributed by atoms with Crippen molar-refractivity contribution in [2.45, 2.75) is 6.17 Å². The molecule has 0 radical (unpaired) electrons. The highest BCUT2D eigenvalue weighted by molar-refractivity contribution is 7.80. The molecule has 2 aliphatic heterocycles. The normalized spacial score (nSPS) is 26.4. The summed E-state index contributed by atoms with van der Waals surface area (Å²) in [5.74, 6) is 0. The summed E-state index contributed by atoms with van der Waals surface area (Å²) in [5, 5.41) is 3.82. The number of thiocarbonyl (C=S) groups is 1. The first-order chi connectivity index (χ1) is 7.27. The summed E-state index contributed by atoms with van der Waals surface area (Å²) in [7, 11) is 0. The third kappa shape index (κ3) is 2.49. The van der Waals surface area contributed by atoms with E-state index in [-0.39, 0.29) is 0 Å². The highest BCUT2D eigenvalue weighted by Crippen LogP contribution is 2.07. The molecule has 1 unspecified atom stereocenters. The zero-order valence-electron chi connectivity index (χ0n) is 8.60. The van der Waals surface area contributed by atoms with E-state index in [1.165, 1.54) is 0 Å². The quantitative estimate of drug-likeness (QED) is 0.606. The Bertz CT molecular complexity index is 292. The Morgan fingerprint density at radius 2 is 2.00 bits per heavy atom. The number of rotatable bonds is 1. The number of nitrogens with one attached hydrogen (secondary N) is 1. The maximum Gasteiger partial charge on any atom is 0.166 e. The second-order valence-electron chi connectivity index (χ2n) is 3.72. The summed E-state index contributed by atoms with van der Waals surface area (Å²) in [6.07, 6.45) is 8.53. The van der Waals surface area contributed by atoms with Crippen LogP contribution >= 0.6 is 12.2 Å². The Morgan fingerprint density at radius 3 is 2.53 bits per heavy atom. The van der Waals surface area contributed by atoms with Gasteiger partial charge in [0.2, 0.25) is 0 Å². The van der Waals surface area contributed by atoms with E-state index < -0.39 is 0 Å². The fraction of sp³-hybridized carbons (Fsp3) is 0.500. The van der Waals surface area contributed by atoms with Crippen LogP contribution in [-0.2, 0) is 0 Å². The first-order valence-electron chi connectivity index (χ1n) is 5.15. The van der Waals surface area contributed by atoms with Gasteiger partial charge >= 0.3 is 0 Å². The number of nitrogens with two attached hydrogens (primary N) is 1. The minimum Gasteiger partial charge on any atom is -0.376 e. The van der Waals surface area contributed by atoms with E-state index in [9.17, 15) is 0 Å². The Morgan fingerprint density at radius 1 is 1.27 bits per heavy atom. The Kier molecular flexibility index (Phi) is 3.23. The lowest BCUT2D eigenvalue weighted by Gasteiger charge is -2.38. The molecule has 2 aliphatic rings. The first kappa shape index (κ1) is 10.4. The summed E-state index contributed by atoms with van der Waals surface area (Å²) in [4.78, 5) is 4.43. The third-order valence-electron chi connectivity index (χ3n) is 2.79. The van der Waals surface area contributed by atoms with Gasteiger partial charge < -0.3 is 16.0 Å². The number of nitrogens with zero attached hydrogens (tertiary/aromatic N) is 2. The molecule has 0 amide bonds. The topological polar surface area (TPSA) is 44.5 Å².